The van der Waals surface area contributed by atoms with E-state index in [2.05, 4.69) is 5.32 Å². The van der Waals surface area contributed by atoms with Crippen LogP contribution >= 0.6 is 11.8 Å². The Hall–Kier alpha value is -3.00. The van der Waals surface area contributed by atoms with Crippen LogP contribution in [-0.4, -0.2) is 16.5 Å². The zero-order valence-electron chi connectivity index (χ0n) is 14.2. The van der Waals surface area contributed by atoms with Crippen LogP contribution in [0.1, 0.15) is 5.56 Å². The number of rotatable bonds is 3. The number of imide groups is 1. The average molecular weight is 402 g/mol. The molecular formula is C20H13F3N2O2S. The Balaban J connectivity index is 1.67. The van der Waals surface area contributed by atoms with Gasteiger partial charge in [-0.25, -0.2) is 4.90 Å². The van der Waals surface area contributed by atoms with E-state index in [1.165, 1.54) is 18.2 Å². The van der Waals surface area contributed by atoms with Gasteiger partial charge in [0.2, 0.25) is 0 Å². The highest BCUT2D eigenvalue weighted by atomic mass is 32.2. The lowest BCUT2D eigenvalue weighted by Crippen LogP contribution is -2.34. The molecule has 1 aliphatic rings. The molecule has 3 aromatic carbocycles. The van der Waals surface area contributed by atoms with Crippen LogP contribution in [0.2, 0.25) is 0 Å². The van der Waals surface area contributed by atoms with Crippen molar-refractivity contribution in [2.75, 3.05) is 10.2 Å². The number of benzene rings is 3. The van der Waals surface area contributed by atoms with Crippen molar-refractivity contribution < 1.29 is 22.8 Å². The molecule has 2 amide bonds. The standard InChI is InChI=1S/C20H13F3N2O2S/c21-20(22,23)14-9-3-4-10-15(14)24-17-18(26)25(19(27)28-17)16-11-5-7-12-6-1-2-8-13(12)16/h1-11,17,24H. The highest BCUT2D eigenvalue weighted by molar-refractivity contribution is 8.16. The van der Waals surface area contributed by atoms with Crippen molar-refractivity contribution >= 4 is 45.1 Å². The minimum atomic E-state index is -4.57. The molecule has 1 aliphatic heterocycles. The molecule has 0 bridgehead atoms. The van der Waals surface area contributed by atoms with E-state index in [4.69, 9.17) is 0 Å². The molecule has 1 atom stereocenters. The highest BCUT2D eigenvalue weighted by Gasteiger charge is 2.42. The van der Waals surface area contributed by atoms with E-state index in [1.807, 2.05) is 18.2 Å². The molecule has 4 rings (SSSR count). The first-order valence-corrected chi connectivity index (χ1v) is 9.19. The summed E-state index contributed by atoms with van der Waals surface area (Å²) in [6, 6.07) is 17.4. The Kier molecular flexibility index (Phi) is 4.50. The van der Waals surface area contributed by atoms with Crippen molar-refractivity contribution in [1.29, 1.82) is 0 Å². The van der Waals surface area contributed by atoms with Gasteiger partial charge in [-0.15, -0.1) is 0 Å². The van der Waals surface area contributed by atoms with E-state index in [-0.39, 0.29) is 5.69 Å². The molecule has 0 aliphatic carbocycles. The largest absolute Gasteiger partial charge is 0.418 e. The summed E-state index contributed by atoms with van der Waals surface area (Å²) >= 11 is 0.658. The second-order valence-corrected chi connectivity index (χ2v) is 7.18. The Labute approximate surface area is 162 Å². The molecule has 1 heterocycles. The van der Waals surface area contributed by atoms with Crippen LogP contribution in [-0.2, 0) is 11.0 Å². The van der Waals surface area contributed by atoms with Gasteiger partial charge in [0.25, 0.3) is 11.1 Å². The van der Waals surface area contributed by atoms with Gasteiger partial charge >= 0.3 is 6.18 Å². The molecule has 0 saturated carbocycles. The third kappa shape index (κ3) is 3.20. The normalized spacial score (nSPS) is 17.4. The number of amides is 2. The summed E-state index contributed by atoms with van der Waals surface area (Å²) in [6.45, 7) is 0. The summed E-state index contributed by atoms with van der Waals surface area (Å²) in [5.41, 5.74) is -0.720. The van der Waals surface area contributed by atoms with Crippen molar-refractivity contribution in [3.63, 3.8) is 0 Å². The number of hydrogen-bond donors (Lipinski definition) is 1. The quantitative estimate of drug-likeness (QED) is 0.629. The topological polar surface area (TPSA) is 49.4 Å². The number of nitrogens with zero attached hydrogens (tertiary/aromatic N) is 1. The molecule has 8 heteroatoms. The maximum Gasteiger partial charge on any atom is 0.418 e. The van der Waals surface area contributed by atoms with Gasteiger partial charge in [0.1, 0.15) is 0 Å². The minimum absolute atomic E-state index is 0.242. The van der Waals surface area contributed by atoms with Crippen molar-refractivity contribution in [3.05, 3.63) is 72.3 Å². The fraction of sp³-hybridized carbons (Fsp3) is 0.100. The number of nitrogens with one attached hydrogen (secondary N) is 1. The first kappa shape index (κ1) is 18.4. The van der Waals surface area contributed by atoms with Gasteiger partial charge < -0.3 is 5.32 Å². The first-order valence-electron chi connectivity index (χ1n) is 8.31. The molecule has 0 aromatic heterocycles. The summed E-state index contributed by atoms with van der Waals surface area (Å²) < 4.78 is 39.6. The van der Waals surface area contributed by atoms with Crippen molar-refractivity contribution in [2.45, 2.75) is 11.6 Å². The molecular weight excluding hydrogens is 389 g/mol. The molecule has 1 N–H and O–H groups in total. The number of alkyl halides is 3. The summed E-state index contributed by atoms with van der Waals surface area (Å²) in [5, 5.41) is 2.46. The second-order valence-electron chi connectivity index (χ2n) is 6.12. The average Bonchev–Trinajstić information content (AvgIpc) is 2.94. The van der Waals surface area contributed by atoms with Crippen LogP contribution < -0.4 is 10.2 Å². The molecule has 1 unspecified atom stereocenters. The molecule has 1 saturated heterocycles. The van der Waals surface area contributed by atoms with E-state index in [9.17, 15) is 22.8 Å². The van der Waals surface area contributed by atoms with Crippen LogP contribution in [0.3, 0.4) is 0 Å². The van der Waals surface area contributed by atoms with Gasteiger partial charge in [-0.3, -0.25) is 9.59 Å². The third-order valence-corrected chi connectivity index (χ3v) is 5.31. The van der Waals surface area contributed by atoms with Crippen LogP contribution in [0.25, 0.3) is 10.8 Å². The number of carbonyl (C=O) groups is 2. The van der Waals surface area contributed by atoms with Crippen LogP contribution in [0.5, 0.6) is 0 Å². The summed E-state index contributed by atoms with van der Waals surface area (Å²) in [7, 11) is 0. The first-order chi connectivity index (χ1) is 13.4. The monoisotopic (exact) mass is 402 g/mol. The molecule has 0 spiro atoms. The fourth-order valence-corrected chi connectivity index (χ4v) is 4.01. The molecule has 0 radical (unpaired) electrons. The summed E-state index contributed by atoms with van der Waals surface area (Å²) in [6.07, 6.45) is -4.57. The van der Waals surface area contributed by atoms with E-state index >= 15 is 0 Å². The maximum absolute atomic E-state index is 13.2. The predicted octanol–water partition coefficient (Wildman–Crippen LogP) is 5.50. The molecule has 142 valence electrons. The lowest BCUT2D eigenvalue weighted by Gasteiger charge is -2.18. The number of halogens is 3. The number of anilines is 2. The van der Waals surface area contributed by atoms with Gasteiger partial charge in [0.05, 0.1) is 11.3 Å². The maximum atomic E-state index is 13.2. The number of para-hydroxylation sites is 1. The Morgan fingerprint density at radius 3 is 2.36 bits per heavy atom. The van der Waals surface area contributed by atoms with Crippen molar-refractivity contribution in [3.8, 4) is 0 Å². The van der Waals surface area contributed by atoms with Crippen molar-refractivity contribution in [1.82, 2.24) is 0 Å². The smallest absolute Gasteiger partial charge is 0.365 e. The second kappa shape index (κ2) is 6.87. The summed E-state index contributed by atoms with van der Waals surface area (Å²) in [4.78, 5) is 26.4. The lowest BCUT2D eigenvalue weighted by atomic mass is 10.1. The highest BCUT2D eigenvalue weighted by Crippen LogP contribution is 2.39. The fourth-order valence-electron chi connectivity index (χ4n) is 3.12. The van der Waals surface area contributed by atoms with Gasteiger partial charge in [0, 0.05) is 11.1 Å². The zero-order chi connectivity index (χ0) is 19.9. The van der Waals surface area contributed by atoms with E-state index in [0.717, 1.165) is 16.4 Å². The van der Waals surface area contributed by atoms with Gasteiger partial charge in [-0.2, -0.15) is 13.2 Å². The molecule has 1 fully saturated rings. The SMILES string of the molecule is O=C1SC(Nc2ccccc2C(F)(F)F)C(=O)N1c1cccc2ccccc12. The molecule has 4 nitrogen and oxygen atoms in total. The molecule has 28 heavy (non-hydrogen) atoms. The number of carbonyl (C=O) groups excluding carboxylic acids is 2. The van der Waals surface area contributed by atoms with E-state index < -0.39 is 28.3 Å². The minimum Gasteiger partial charge on any atom is -0.365 e. The van der Waals surface area contributed by atoms with Crippen LogP contribution in [0, 0.1) is 0 Å². The predicted molar refractivity (Wildman–Crippen MR) is 103 cm³/mol. The van der Waals surface area contributed by atoms with E-state index in [0.29, 0.717) is 22.8 Å². The lowest BCUT2D eigenvalue weighted by molar-refractivity contribution is -0.137. The zero-order valence-corrected chi connectivity index (χ0v) is 15.1. The number of fused-ring (bicyclic) bond motifs is 1. The third-order valence-electron chi connectivity index (χ3n) is 4.37. The Morgan fingerprint density at radius 1 is 0.893 bits per heavy atom. The van der Waals surface area contributed by atoms with Gasteiger partial charge in [-0.1, -0.05) is 48.5 Å². The summed E-state index contributed by atoms with van der Waals surface area (Å²) in [5.74, 6) is -0.608. The Morgan fingerprint density at radius 2 is 1.57 bits per heavy atom. The van der Waals surface area contributed by atoms with E-state index in [1.54, 1.807) is 24.3 Å². The van der Waals surface area contributed by atoms with Gasteiger partial charge in [0.15, 0.2) is 5.37 Å². The van der Waals surface area contributed by atoms with Crippen molar-refractivity contribution in [2.24, 2.45) is 0 Å². The Bertz CT molecular complexity index is 1080. The molecule has 3 aromatic rings. The van der Waals surface area contributed by atoms with Gasteiger partial charge in [-0.05, 0) is 35.3 Å². The van der Waals surface area contributed by atoms with Crippen LogP contribution in [0.15, 0.2) is 66.7 Å². The van der Waals surface area contributed by atoms with Crippen LogP contribution in [0.4, 0.5) is 29.3 Å². The number of thioether (sulfide) groups is 1. The number of hydrogen-bond acceptors (Lipinski definition) is 4.